The van der Waals surface area contributed by atoms with Gasteiger partial charge in [0.15, 0.2) is 5.75 Å². The molecule has 3 rings (SSSR count). The first kappa shape index (κ1) is 18.0. The Hall–Kier alpha value is -2.79. The van der Waals surface area contributed by atoms with E-state index in [1.807, 2.05) is 38.1 Å². The second-order valence-electron chi connectivity index (χ2n) is 5.92. The number of anilines is 1. The number of hydrogen-bond donors (Lipinski definition) is 1. The maximum atomic E-state index is 12.7. The average molecular weight is 371 g/mol. The van der Waals surface area contributed by atoms with E-state index in [4.69, 9.17) is 20.9 Å². The molecule has 1 heterocycles. The molecule has 3 aromatic rings. The zero-order valence-electron chi connectivity index (χ0n) is 14.8. The van der Waals surface area contributed by atoms with Crippen LogP contribution in [0.2, 0.25) is 5.02 Å². The van der Waals surface area contributed by atoms with Crippen molar-refractivity contribution < 1.29 is 14.1 Å². The van der Waals surface area contributed by atoms with Gasteiger partial charge in [0.2, 0.25) is 0 Å². The first-order valence-corrected chi connectivity index (χ1v) is 8.66. The van der Waals surface area contributed by atoms with Gasteiger partial charge in [0, 0.05) is 5.02 Å². The fourth-order valence-corrected chi connectivity index (χ4v) is 2.73. The predicted octanol–water partition coefficient (Wildman–Crippen LogP) is 5.55. The molecule has 134 valence electrons. The molecule has 0 unspecified atom stereocenters. The number of aryl methyl sites for hydroxylation is 3. The Labute approximate surface area is 156 Å². The third-order valence-electron chi connectivity index (χ3n) is 3.93. The SMILES string of the molecule is CCc1noc(C)c1C(=O)Nc1cc(Cl)ccc1Oc1ccc(C)cc1. The van der Waals surface area contributed by atoms with Crippen molar-refractivity contribution in [3.63, 3.8) is 0 Å². The molecule has 5 nitrogen and oxygen atoms in total. The molecule has 0 aliphatic rings. The highest BCUT2D eigenvalue weighted by molar-refractivity contribution is 6.31. The summed E-state index contributed by atoms with van der Waals surface area (Å²) in [6, 6.07) is 12.7. The van der Waals surface area contributed by atoms with Gasteiger partial charge in [0.05, 0.1) is 11.4 Å². The third-order valence-corrected chi connectivity index (χ3v) is 4.17. The highest BCUT2D eigenvalue weighted by Gasteiger charge is 2.20. The molecule has 0 aliphatic carbocycles. The van der Waals surface area contributed by atoms with E-state index in [2.05, 4.69) is 10.5 Å². The number of benzene rings is 2. The molecule has 1 N–H and O–H groups in total. The number of carbonyl (C=O) groups excluding carboxylic acids is 1. The monoisotopic (exact) mass is 370 g/mol. The Morgan fingerprint density at radius 3 is 2.62 bits per heavy atom. The molecule has 2 aromatic carbocycles. The zero-order chi connectivity index (χ0) is 18.7. The first-order valence-electron chi connectivity index (χ1n) is 8.28. The standard InChI is InChI=1S/C20H19ClN2O3/c1-4-16-19(13(3)26-23-16)20(24)22-17-11-14(21)7-10-18(17)25-15-8-5-12(2)6-9-15/h5-11H,4H2,1-3H3,(H,22,24). The van der Waals surface area contributed by atoms with Gasteiger partial charge in [-0.2, -0.15) is 0 Å². The second-order valence-corrected chi connectivity index (χ2v) is 6.36. The number of halogens is 1. The lowest BCUT2D eigenvalue weighted by Gasteiger charge is -2.13. The van der Waals surface area contributed by atoms with Crippen LogP contribution in [-0.4, -0.2) is 11.1 Å². The van der Waals surface area contributed by atoms with Crippen molar-refractivity contribution in [2.24, 2.45) is 0 Å². The lowest BCUT2D eigenvalue weighted by molar-refractivity contribution is 0.102. The van der Waals surface area contributed by atoms with Gasteiger partial charge < -0.3 is 14.6 Å². The van der Waals surface area contributed by atoms with Gasteiger partial charge in [-0.1, -0.05) is 41.4 Å². The molecule has 0 fully saturated rings. The number of carbonyl (C=O) groups is 1. The molecule has 1 aromatic heterocycles. The summed E-state index contributed by atoms with van der Waals surface area (Å²) < 4.78 is 11.1. The fourth-order valence-electron chi connectivity index (χ4n) is 2.56. The predicted molar refractivity (Wildman–Crippen MR) is 101 cm³/mol. The Balaban J connectivity index is 1.89. The van der Waals surface area contributed by atoms with Crippen LogP contribution in [0.25, 0.3) is 0 Å². The van der Waals surface area contributed by atoms with Crippen molar-refractivity contribution in [3.8, 4) is 11.5 Å². The summed E-state index contributed by atoms with van der Waals surface area (Å²) in [4.78, 5) is 12.7. The molecule has 0 bridgehead atoms. The van der Waals surface area contributed by atoms with E-state index in [-0.39, 0.29) is 5.91 Å². The van der Waals surface area contributed by atoms with E-state index in [0.29, 0.717) is 45.6 Å². The van der Waals surface area contributed by atoms with Gasteiger partial charge in [-0.25, -0.2) is 0 Å². The summed E-state index contributed by atoms with van der Waals surface area (Å²) >= 11 is 6.10. The Kier molecular flexibility index (Phi) is 5.28. The van der Waals surface area contributed by atoms with Crippen molar-refractivity contribution in [1.82, 2.24) is 5.16 Å². The summed E-state index contributed by atoms with van der Waals surface area (Å²) in [5, 5.41) is 7.27. The number of ether oxygens (including phenoxy) is 1. The molecule has 1 amide bonds. The largest absolute Gasteiger partial charge is 0.455 e. The second kappa shape index (κ2) is 7.62. The summed E-state index contributed by atoms with van der Waals surface area (Å²) in [6.07, 6.45) is 0.600. The molecule has 0 saturated carbocycles. The molecule has 0 atom stereocenters. The number of nitrogens with one attached hydrogen (secondary N) is 1. The minimum Gasteiger partial charge on any atom is -0.455 e. The molecule has 6 heteroatoms. The lowest BCUT2D eigenvalue weighted by Crippen LogP contribution is -2.15. The Bertz CT molecular complexity index is 933. The van der Waals surface area contributed by atoms with E-state index in [9.17, 15) is 4.79 Å². The number of aromatic nitrogens is 1. The number of hydrogen-bond acceptors (Lipinski definition) is 4. The normalized spacial score (nSPS) is 10.6. The van der Waals surface area contributed by atoms with Crippen LogP contribution < -0.4 is 10.1 Å². The van der Waals surface area contributed by atoms with Crippen LogP contribution in [0.5, 0.6) is 11.5 Å². The van der Waals surface area contributed by atoms with Gasteiger partial charge in [-0.3, -0.25) is 4.79 Å². The maximum Gasteiger partial charge on any atom is 0.261 e. The number of amides is 1. The fraction of sp³-hybridized carbons (Fsp3) is 0.200. The van der Waals surface area contributed by atoms with E-state index in [1.165, 1.54) is 0 Å². The lowest BCUT2D eigenvalue weighted by atomic mass is 10.1. The van der Waals surface area contributed by atoms with Crippen LogP contribution in [0.15, 0.2) is 47.0 Å². The van der Waals surface area contributed by atoms with Gasteiger partial charge in [0.25, 0.3) is 5.91 Å². The quantitative estimate of drug-likeness (QED) is 0.639. The van der Waals surface area contributed by atoms with E-state index in [0.717, 1.165) is 5.56 Å². The average Bonchev–Trinajstić information content (AvgIpc) is 3.00. The van der Waals surface area contributed by atoms with Gasteiger partial charge in [-0.15, -0.1) is 0 Å². The summed E-state index contributed by atoms with van der Waals surface area (Å²) in [6.45, 7) is 5.63. The first-order chi connectivity index (χ1) is 12.5. The van der Waals surface area contributed by atoms with Crippen molar-refractivity contribution in [1.29, 1.82) is 0 Å². The summed E-state index contributed by atoms with van der Waals surface area (Å²) in [5.41, 5.74) is 2.67. The number of nitrogens with zero attached hydrogens (tertiary/aromatic N) is 1. The van der Waals surface area contributed by atoms with Crippen molar-refractivity contribution >= 4 is 23.2 Å². The van der Waals surface area contributed by atoms with Crippen LogP contribution in [0, 0.1) is 13.8 Å². The molecule has 0 radical (unpaired) electrons. The van der Waals surface area contributed by atoms with Crippen LogP contribution in [0.3, 0.4) is 0 Å². The van der Waals surface area contributed by atoms with Crippen LogP contribution in [0.4, 0.5) is 5.69 Å². The van der Waals surface area contributed by atoms with Crippen LogP contribution >= 0.6 is 11.6 Å². The Morgan fingerprint density at radius 2 is 1.92 bits per heavy atom. The summed E-state index contributed by atoms with van der Waals surface area (Å²) in [7, 11) is 0. The molecular formula is C20H19ClN2O3. The molecule has 0 spiro atoms. The van der Waals surface area contributed by atoms with E-state index >= 15 is 0 Å². The Morgan fingerprint density at radius 1 is 1.19 bits per heavy atom. The van der Waals surface area contributed by atoms with Gasteiger partial charge in [0.1, 0.15) is 17.1 Å². The van der Waals surface area contributed by atoms with Gasteiger partial charge in [-0.05, 0) is 50.6 Å². The minimum atomic E-state index is -0.309. The topological polar surface area (TPSA) is 64.4 Å². The molecule has 0 saturated heterocycles. The van der Waals surface area contributed by atoms with E-state index in [1.54, 1.807) is 25.1 Å². The minimum absolute atomic E-state index is 0.309. The molecule has 0 aliphatic heterocycles. The molecular weight excluding hydrogens is 352 g/mol. The van der Waals surface area contributed by atoms with Gasteiger partial charge >= 0.3 is 0 Å². The maximum absolute atomic E-state index is 12.7. The molecule has 26 heavy (non-hydrogen) atoms. The van der Waals surface area contributed by atoms with Crippen LogP contribution in [-0.2, 0) is 6.42 Å². The van der Waals surface area contributed by atoms with Crippen LogP contribution in [0.1, 0.15) is 34.3 Å². The highest BCUT2D eigenvalue weighted by Crippen LogP contribution is 2.33. The third kappa shape index (κ3) is 3.89. The summed E-state index contributed by atoms with van der Waals surface area (Å²) in [5.74, 6) is 1.33. The smallest absolute Gasteiger partial charge is 0.261 e. The van der Waals surface area contributed by atoms with Crippen molar-refractivity contribution in [2.75, 3.05) is 5.32 Å². The van der Waals surface area contributed by atoms with Crippen molar-refractivity contribution in [2.45, 2.75) is 27.2 Å². The van der Waals surface area contributed by atoms with E-state index < -0.39 is 0 Å². The highest BCUT2D eigenvalue weighted by atomic mass is 35.5. The number of rotatable bonds is 5. The van der Waals surface area contributed by atoms with Crippen molar-refractivity contribution in [3.05, 3.63) is 70.1 Å². The zero-order valence-corrected chi connectivity index (χ0v) is 15.6.